The Balaban J connectivity index is 1.46. The molecule has 9 heteroatoms. The average Bonchev–Trinajstić information content (AvgIpc) is 3.65. The van der Waals surface area contributed by atoms with Crippen molar-refractivity contribution in [2.24, 2.45) is 5.10 Å². The molecule has 1 unspecified atom stereocenters. The van der Waals surface area contributed by atoms with Crippen LogP contribution in [0, 0.1) is 0 Å². The zero-order valence-corrected chi connectivity index (χ0v) is 19.3. The van der Waals surface area contributed by atoms with Crippen molar-refractivity contribution in [2.75, 3.05) is 18.9 Å². The maximum absolute atomic E-state index is 13.6. The molecule has 0 spiro atoms. The second-order valence-electron chi connectivity index (χ2n) is 8.71. The first-order valence-electron chi connectivity index (χ1n) is 11.5. The van der Waals surface area contributed by atoms with E-state index in [0.29, 0.717) is 28.8 Å². The Labute approximate surface area is 198 Å². The number of hydrogen-bond acceptors (Lipinski definition) is 7. The molecule has 1 aliphatic carbocycles. The smallest absolute Gasteiger partial charge is 0.280 e. The van der Waals surface area contributed by atoms with Gasteiger partial charge in [-0.05, 0) is 43.5 Å². The summed E-state index contributed by atoms with van der Waals surface area (Å²) in [5.41, 5.74) is 4.08. The molecule has 5 rings (SSSR count). The van der Waals surface area contributed by atoms with E-state index in [9.17, 15) is 4.79 Å². The predicted molar refractivity (Wildman–Crippen MR) is 129 cm³/mol. The number of anilines is 2. The van der Waals surface area contributed by atoms with E-state index in [1.807, 2.05) is 43.5 Å². The van der Waals surface area contributed by atoms with Gasteiger partial charge in [-0.3, -0.25) is 15.1 Å². The molecule has 1 fully saturated rings. The number of carbonyl (C=O) groups is 1. The molecule has 172 valence electrons. The first-order chi connectivity index (χ1) is 16.6. The number of allylic oxidation sites excluding steroid dienone is 1. The molecule has 0 bridgehead atoms. The number of pyridine rings is 2. The first-order valence-corrected chi connectivity index (χ1v) is 11.5. The van der Waals surface area contributed by atoms with Crippen LogP contribution < -0.4 is 10.6 Å². The molecule has 1 amide bonds. The van der Waals surface area contributed by atoms with Crippen LogP contribution in [0.15, 0.2) is 72.2 Å². The highest BCUT2D eigenvalue weighted by atomic mass is 16.2. The van der Waals surface area contributed by atoms with Crippen LogP contribution in [0.4, 0.5) is 11.4 Å². The van der Waals surface area contributed by atoms with Crippen molar-refractivity contribution in [3.8, 4) is 0 Å². The summed E-state index contributed by atoms with van der Waals surface area (Å²) in [7, 11) is 1.99. The fraction of sp³-hybridized carbons (Fsp3) is 0.280. The van der Waals surface area contributed by atoms with Gasteiger partial charge >= 0.3 is 0 Å². The lowest BCUT2D eigenvalue weighted by molar-refractivity contribution is -0.879. The second kappa shape index (κ2) is 9.11. The van der Waals surface area contributed by atoms with Crippen molar-refractivity contribution in [2.45, 2.75) is 32.1 Å². The van der Waals surface area contributed by atoms with E-state index < -0.39 is 0 Å². The molecule has 1 aliphatic heterocycles. The van der Waals surface area contributed by atoms with E-state index in [2.05, 4.69) is 32.5 Å². The van der Waals surface area contributed by atoms with Gasteiger partial charge in [-0.2, -0.15) is 4.59 Å². The third-order valence-corrected chi connectivity index (χ3v) is 5.92. The Kier molecular flexibility index (Phi) is 5.85. The molecule has 4 heterocycles. The van der Waals surface area contributed by atoms with E-state index in [0.717, 1.165) is 42.9 Å². The molecule has 3 aromatic rings. The number of quaternary nitrogens is 1. The van der Waals surface area contributed by atoms with Crippen LogP contribution in [0.25, 0.3) is 0 Å². The van der Waals surface area contributed by atoms with Crippen LogP contribution in [0.2, 0.25) is 0 Å². The molecule has 2 aliphatic rings. The number of carbonyl (C=O) groups excluding carboxylic acids is 1. The van der Waals surface area contributed by atoms with Gasteiger partial charge in [-0.1, -0.05) is 18.1 Å². The Hall–Kier alpha value is -3.98. The van der Waals surface area contributed by atoms with Gasteiger partial charge in [-0.25, -0.2) is 15.0 Å². The molecule has 1 saturated carbocycles. The largest absolute Gasteiger partial charge is 0.351 e. The number of hydrogen-bond donors (Lipinski definition) is 2. The van der Waals surface area contributed by atoms with Gasteiger partial charge in [0, 0.05) is 17.8 Å². The van der Waals surface area contributed by atoms with Gasteiger partial charge in [0.25, 0.3) is 5.91 Å². The maximum atomic E-state index is 13.6. The predicted octanol–water partition coefficient (Wildman–Crippen LogP) is 3.73. The van der Waals surface area contributed by atoms with Gasteiger partial charge in [-0.15, -0.1) is 0 Å². The van der Waals surface area contributed by atoms with Crippen molar-refractivity contribution in [1.29, 1.82) is 0 Å². The molecule has 9 nitrogen and oxygen atoms in total. The van der Waals surface area contributed by atoms with E-state index in [-0.39, 0.29) is 10.5 Å². The highest BCUT2D eigenvalue weighted by molar-refractivity contribution is 6.08. The molecule has 1 atom stereocenters. The van der Waals surface area contributed by atoms with E-state index in [1.54, 1.807) is 18.6 Å². The van der Waals surface area contributed by atoms with Crippen LogP contribution in [-0.2, 0) is 0 Å². The summed E-state index contributed by atoms with van der Waals surface area (Å²) >= 11 is 0. The van der Waals surface area contributed by atoms with Crippen LogP contribution in [-0.4, -0.2) is 49.7 Å². The third kappa shape index (κ3) is 4.55. The standard InChI is InChI=1S/C25H26N8O/c1-3-12-33(2)23(13-22(32-33)20-6-4-5-11-28-20)31-25(34)24-21(29-18-14-26-16-27-15-18)10-9-19(30-24)17-7-8-17/h4-6,9-11,13-17H,3,7-8,12H2,1-2H3,(H-,29,31,32,34)/p+1. The summed E-state index contributed by atoms with van der Waals surface area (Å²) in [6.45, 7) is 2.84. The van der Waals surface area contributed by atoms with Gasteiger partial charge in [0.05, 0.1) is 42.6 Å². The minimum absolute atomic E-state index is 0.242. The van der Waals surface area contributed by atoms with Gasteiger partial charge in [0.1, 0.15) is 12.9 Å². The van der Waals surface area contributed by atoms with Crippen LogP contribution >= 0.6 is 0 Å². The van der Waals surface area contributed by atoms with E-state index in [4.69, 9.17) is 10.1 Å². The van der Waals surface area contributed by atoms with Crippen LogP contribution in [0.5, 0.6) is 0 Å². The lowest BCUT2D eigenvalue weighted by Crippen LogP contribution is -2.44. The quantitative estimate of drug-likeness (QED) is 0.502. The topological polar surface area (TPSA) is 105 Å². The van der Waals surface area contributed by atoms with Gasteiger partial charge < -0.3 is 5.32 Å². The number of nitrogens with zero attached hydrogens (tertiary/aromatic N) is 6. The number of amides is 1. The Morgan fingerprint density at radius 1 is 1.15 bits per heavy atom. The van der Waals surface area contributed by atoms with Gasteiger partial charge in [0.2, 0.25) is 5.82 Å². The highest BCUT2D eigenvalue weighted by Crippen LogP contribution is 2.39. The normalized spacial score (nSPS) is 19.4. The summed E-state index contributed by atoms with van der Waals surface area (Å²) in [6, 6.07) is 9.60. The zero-order chi connectivity index (χ0) is 23.5. The molecule has 3 aromatic heterocycles. The lowest BCUT2D eigenvalue weighted by Gasteiger charge is -2.26. The monoisotopic (exact) mass is 455 g/mol. The van der Waals surface area contributed by atoms with Crippen molar-refractivity contribution >= 4 is 23.0 Å². The number of rotatable bonds is 8. The number of aromatic nitrogens is 4. The molecule has 0 radical (unpaired) electrons. The summed E-state index contributed by atoms with van der Waals surface area (Å²) in [5.74, 6) is 0.831. The van der Waals surface area contributed by atoms with Crippen molar-refractivity contribution in [3.63, 3.8) is 0 Å². The third-order valence-electron chi connectivity index (χ3n) is 5.92. The molecular formula is C25H27N8O+. The lowest BCUT2D eigenvalue weighted by atomic mass is 10.2. The van der Waals surface area contributed by atoms with Crippen molar-refractivity contribution in [1.82, 2.24) is 25.3 Å². The maximum Gasteiger partial charge on any atom is 0.280 e. The summed E-state index contributed by atoms with van der Waals surface area (Å²) in [6.07, 6.45) is 11.5. The Morgan fingerprint density at radius 3 is 2.68 bits per heavy atom. The molecule has 34 heavy (non-hydrogen) atoms. The van der Waals surface area contributed by atoms with Crippen molar-refractivity contribution < 1.29 is 9.39 Å². The minimum atomic E-state index is -0.286. The molecular weight excluding hydrogens is 428 g/mol. The fourth-order valence-corrected chi connectivity index (χ4v) is 4.04. The molecule has 2 N–H and O–H groups in total. The van der Waals surface area contributed by atoms with Gasteiger partial charge in [0.15, 0.2) is 11.4 Å². The first kappa shape index (κ1) is 21.8. The Bertz CT molecular complexity index is 1250. The van der Waals surface area contributed by atoms with Crippen LogP contribution in [0.3, 0.4) is 0 Å². The second-order valence-corrected chi connectivity index (χ2v) is 8.71. The van der Waals surface area contributed by atoms with E-state index >= 15 is 0 Å². The minimum Gasteiger partial charge on any atom is -0.351 e. The summed E-state index contributed by atoms with van der Waals surface area (Å²) < 4.78 is 0.242. The number of nitrogens with one attached hydrogen (secondary N) is 2. The summed E-state index contributed by atoms with van der Waals surface area (Å²) in [5, 5.41) is 11.2. The summed E-state index contributed by atoms with van der Waals surface area (Å²) in [4.78, 5) is 30.8. The molecule has 0 saturated heterocycles. The highest BCUT2D eigenvalue weighted by Gasteiger charge is 2.37. The Morgan fingerprint density at radius 2 is 1.97 bits per heavy atom. The average molecular weight is 456 g/mol. The fourth-order valence-electron chi connectivity index (χ4n) is 4.04. The SMILES string of the molecule is CCC[N+]1(C)N=C(c2ccccn2)C=C1NC(=O)c1nc(C2CC2)ccc1Nc1cncnc1. The zero-order valence-electron chi connectivity index (χ0n) is 19.3. The van der Waals surface area contributed by atoms with Crippen molar-refractivity contribution in [3.05, 3.63) is 84.2 Å². The van der Waals surface area contributed by atoms with E-state index in [1.165, 1.54) is 6.33 Å². The molecule has 0 aromatic carbocycles. The van der Waals surface area contributed by atoms with Crippen LogP contribution in [0.1, 0.15) is 54.0 Å².